The second-order valence-electron chi connectivity index (χ2n) is 5.74. The summed E-state index contributed by atoms with van der Waals surface area (Å²) in [6.45, 7) is 1.82. The van der Waals surface area contributed by atoms with Crippen molar-refractivity contribution in [2.24, 2.45) is 0 Å². The predicted molar refractivity (Wildman–Crippen MR) is 86.5 cm³/mol. The Morgan fingerprint density at radius 2 is 1.69 bits per heavy atom. The van der Waals surface area contributed by atoms with E-state index in [-0.39, 0.29) is 6.54 Å². The first-order valence-electron chi connectivity index (χ1n) is 7.82. The smallest absolute Gasteiger partial charge is 0.338 e. The van der Waals surface area contributed by atoms with E-state index in [1.807, 2.05) is 0 Å². The number of halogens is 5. The molecule has 0 aliphatic carbocycles. The molecule has 2 N–H and O–H groups in total. The monoisotopic (exact) mass is 372 g/mol. The topological polar surface area (TPSA) is 41.1 Å². The Balaban J connectivity index is 1.80. The van der Waals surface area contributed by atoms with E-state index < -0.39 is 35.4 Å². The fourth-order valence-corrected chi connectivity index (χ4v) is 2.29. The van der Waals surface area contributed by atoms with Crippen LogP contribution in [0.4, 0.5) is 26.7 Å². The molecular formula is C18H17F5N2O. The Morgan fingerprint density at radius 3 is 2.27 bits per heavy atom. The van der Waals surface area contributed by atoms with Crippen molar-refractivity contribution in [1.29, 1.82) is 0 Å². The summed E-state index contributed by atoms with van der Waals surface area (Å²) in [6, 6.07) is 6.96. The van der Waals surface area contributed by atoms with E-state index >= 15 is 0 Å². The molecule has 2 amide bonds. The number of rotatable bonds is 5. The maximum Gasteiger partial charge on any atom is 0.416 e. The van der Waals surface area contributed by atoms with Gasteiger partial charge >= 0.3 is 12.2 Å². The number of carbonyl (C=O) groups is 1. The van der Waals surface area contributed by atoms with Gasteiger partial charge in [-0.05, 0) is 48.7 Å². The summed E-state index contributed by atoms with van der Waals surface area (Å²) in [6.07, 6.45) is -4.03. The Labute approximate surface area is 147 Å². The lowest BCUT2D eigenvalue weighted by molar-refractivity contribution is -0.137. The van der Waals surface area contributed by atoms with Crippen LogP contribution in [0, 0.1) is 11.6 Å². The molecule has 2 rings (SSSR count). The van der Waals surface area contributed by atoms with Crippen molar-refractivity contribution in [3.63, 3.8) is 0 Å². The van der Waals surface area contributed by atoms with Gasteiger partial charge < -0.3 is 10.6 Å². The molecule has 0 aliphatic heterocycles. The maximum absolute atomic E-state index is 13.2. The molecule has 140 valence electrons. The Bertz CT molecular complexity index is 759. The highest BCUT2D eigenvalue weighted by atomic mass is 19.4. The average Bonchev–Trinajstić information content (AvgIpc) is 2.57. The minimum absolute atomic E-state index is 0.210. The lowest BCUT2D eigenvalue weighted by atomic mass is 10.1. The minimum Gasteiger partial charge on any atom is -0.338 e. The van der Waals surface area contributed by atoms with Gasteiger partial charge in [-0.2, -0.15) is 13.2 Å². The number of alkyl halides is 3. The molecule has 1 unspecified atom stereocenters. The fourth-order valence-electron chi connectivity index (χ4n) is 2.29. The van der Waals surface area contributed by atoms with Crippen LogP contribution >= 0.6 is 0 Å². The molecular weight excluding hydrogens is 355 g/mol. The molecule has 3 nitrogen and oxygen atoms in total. The number of hydrogen-bond donors (Lipinski definition) is 2. The third-order valence-corrected chi connectivity index (χ3v) is 3.77. The molecule has 0 fully saturated rings. The number of nitrogens with one attached hydrogen (secondary N) is 2. The summed E-state index contributed by atoms with van der Waals surface area (Å²) < 4.78 is 63.5. The SMILES string of the molecule is CC(NC(=O)NCCc1ccc(C(F)(F)F)cc1)c1ccc(F)c(F)c1. The normalized spacial score (nSPS) is 12.5. The second kappa shape index (κ2) is 8.16. The average molecular weight is 372 g/mol. The molecule has 2 aromatic rings. The van der Waals surface area contributed by atoms with Crippen LogP contribution in [0.2, 0.25) is 0 Å². The van der Waals surface area contributed by atoms with E-state index in [1.54, 1.807) is 6.92 Å². The van der Waals surface area contributed by atoms with Crippen LogP contribution in [0.25, 0.3) is 0 Å². The second-order valence-corrected chi connectivity index (χ2v) is 5.74. The lowest BCUT2D eigenvalue weighted by Crippen LogP contribution is -2.38. The zero-order valence-electron chi connectivity index (χ0n) is 13.8. The van der Waals surface area contributed by atoms with Crippen molar-refractivity contribution in [2.45, 2.75) is 25.6 Å². The van der Waals surface area contributed by atoms with Gasteiger partial charge in [0.25, 0.3) is 0 Å². The molecule has 0 radical (unpaired) electrons. The first kappa shape index (κ1) is 19.7. The summed E-state index contributed by atoms with van der Waals surface area (Å²) in [5, 5.41) is 5.13. The van der Waals surface area contributed by atoms with Crippen LogP contribution in [0.15, 0.2) is 42.5 Å². The molecule has 0 saturated carbocycles. The number of carbonyl (C=O) groups excluding carboxylic acids is 1. The summed E-state index contributed by atoms with van der Waals surface area (Å²) in [4.78, 5) is 11.8. The first-order chi connectivity index (χ1) is 12.2. The van der Waals surface area contributed by atoms with Crippen LogP contribution in [-0.2, 0) is 12.6 Å². The van der Waals surface area contributed by atoms with Gasteiger partial charge in [0.15, 0.2) is 11.6 Å². The maximum atomic E-state index is 13.2. The standard InChI is InChI=1S/C18H17F5N2O/c1-11(13-4-7-15(19)16(20)10-13)25-17(26)24-9-8-12-2-5-14(6-3-12)18(21,22)23/h2-7,10-11H,8-9H2,1H3,(H2,24,25,26). The van der Waals surface area contributed by atoms with Crippen LogP contribution in [-0.4, -0.2) is 12.6 Å². The van der Waals surface area contributed by atoms with Gasteiger partial charge in [-0.3, -0.25) is 0 Å². The van der Waals surface area contributed by atoms with Gasteiger partial charge in [0.1, 0.15) is 0 Å². The quantitative estimate of drug-likeness (QED) is 0.741. The van der Waals surface area contributed by atoms with E-state index in [2.05, 4.69) is 10.6 Å². The fraction of sp³-hybridized carbons (Fsp3) is 0.278. The molecule has 0 aliphatic rings. The van der Waals surface area contributed by atoms with Crippen molar-refractivity contribution in [3.05, 3.63) is 70.8 Å². The van der Waals surface area contributed by atoms with Gasteiger partial charge in [0, 0.05) is 6.54 Å². The molecule has 0 heterocycles. The van der Waals surface area contributed by atoms with Gasteiger partial charge in [-0.25, -0.2) is 13.6 Å². The van der Waals surface area contributed by atoms with Crippen molar-refractivity contribution in [3.8, 4) is 0 Å². The lowest BCUT2D eigenvalue weighted by Gasteiger charge is -2.15. The Morgan fingerprint density at radius 1 is 1.04 bits per heavy atom. The van der Waals surface area contributed by atoms with E-state index in [1.165, 1.54) is 18.2 Å². The van der Waals surface area contributed by atoms with E-state index in [4.69, 9.17) is 0 Å². The molecule has 0 spiro atoms. The minimum atomic E-state index is -4.38. The molecule has 26 heavy (non-hydrogen) atoms. The third-order valence-electron chi connectivity index (χ3n) is 3.77. The zero-order valence-corrected chi connectivity index (χ0v) is 13.8. The molecule has 0 saturated heterocycles. The molecule has 0 bridgehead atoms. The summed E-state index contributed by atoms with van der Waals surface area (Å²) in [7, 11) is 0. The van der Waals surface area contributed by atoms with Crippen molar-refractivity contribution < 1.29 is 26.7 Å². The van der Waals surface area contributed by atoms with Gasteiger partial charge in [0.05, 0.1) is 11.6 Å². The van der Waals surface area contributed by atoms with Gasteiger partial charge in [-0.15, -0.1) is 0 Å². The van der Waals surface area contributed by atoms with Crippen molar-refractivity contribution >= 4 is 6.03 Å². The largest absolute Gasteiger partial charge is 0.416 e. The number of urea groups is 1. The summed E-state index contributed by atoms with van der Waals surface area (Å²) in [5.41, 5.74) is 0.320. The van der Waals surface area contributed by atoms with Crippen LogP contribution in [0.1, 0.15) is 29.7 Å². The van der Waals surface area contributed by atoms with Crippen LogP contribution in [0.5, 0.6) is 0 Å². The van der Waals surface area contributed by atoms with E-state index in [9.17, 15) is 26.7 Å². The Hall–Kier alpha value is -2.64. The number of benzene rings is 2. The number of amides is 2. The van der Waals surface area contributed by atoms with Gasteiger partial charge in [0.2, 0.25) is 0 Å². The first-order valence-corrected chi connectivity index (χ1v) is 7.82. The molecule has 0 aromatic heterocycles. The van der Waals surface area contributed by atoms with Crippen LogP contribution in [0.3, 0.4) is 0 Å². The summed E-state index contributed by atoms with van der Waals surface area (Å²) in [5.74, 6) is -1.97. The predicted octanol–water partition coefficient (Wildman–Crippen LogP) is 4.59. The van der Waals surface area contributed by atoms with Crippen molar-refractivity contribution in [2.75, 3.05) is 6.54 Å². The highest BCUT2D eigenvalue weighted by Gasteiger charge is 2.29. The molecule has 8 heteroatoms. The van der Waals surface area contributed by atoms with Crippen molar-refractivity contribution in [1.82, 2.24) is 10.6 Å². The molecule has 2 aromatic carbocycles. The highest BCUT2D eigenvalue weighted by molar-refractivity contribution is 5.74. The van der Waals surface area contributed by atoms with E-state index in [0.29, 0.717) is 17.5 Å². The van der Waals surface area contributed by atoms with E-state index in [0.717, 1.165) is 24.3 Å². The summed E-state index contributed by atoms with van der Waals surface area (Å²) >= 11 is 0. The molecule has 1 atom stereocenters. The third kappa shape index (κ3) is 5.44. The highest BCUT2D eigenvalue weighted by Crippen LogP contribution is 2.29. The zero-order chi connectivity index (χ0) is 19.3. The number of hydrogen-bond acceptors (Lipinski definition) is 1. The Kier molecular flexibility index (Phi) is 6.18. The van der Waals surface area contributed by atoms with Gasteiger partial charge in [-0.1, -0.05) is 18.2 Å². The van der Waals surface area contributed by atoms with Crippen LogP contribution < -0.4 is 10.6 Å².